The van der Waals surface area contributed by atoms with Crippen molar-refractivity contribution in [2.75, 3.05) is 6.54 Å². The molecule has 0 saturated heterocycles. The molecular weight excluding hydrogens is 340 g/mol. The van der Waals surface area contributed by atoms with E-state index < -0.39 is 0 Å². The maximum absolute atomic E-state index is 4.85. The summed E-state index contributed by atoms with van der Waals surface area (Å²) in [6.07, 6.45) is 5.37. The van der Waals surface area contributed by atoms with Crippen LogP contribution in [0.15, 0.2) is 70.9 Å². The number of nitrogens with zero attached hydrogens (tertiary/aromatic N) is 4. The highest BCUT2D eigenvalue weighted by atomic mass is 32.1. The first-order chi connectivity index (χ1) is 12.6. The second-order valence-electron chi connectivity index (χ2n) is 6.07. The summed E-state index contributed by atoms with van der Waals surface area (Å²) in [4.78, 5) is 9.63. The van der Waals surface area contributed by atoms with Crippen molar-refractivity contribution in [1.29, 1.82) is 0 Å². The van der Waals surface area contributed by atoms with E-state index in [1.54, 1.807) is 23.6 Å². The van der Waals surface area contributed by atoms with Crippen molar-refractivity contribution in [3.63, 3.8) is 0 Å². The summed E-state index contributed by atoms with van der Waals surface area (Å²) in [5.74, 6) is 0. The first kappa shape index (κ1) is 18.0. The Morgan fingerprint density at radius 3 is 2.81 bits per heavy atom. The molecule has 0 N–H and O–H groups in total. The highest BCUT2D eigenvalue weighted by Crippen LogP contribution is 2.23. The fourth-order valence-corrected chi connectivity index (χ4v) is 3.37. The molecule has 0 aliphatic rings. The Bertz CT molecular complexity index is 1010. The molecule has 2 heterocycles. The van der Waals surface area contributed by atoms with E-state index >= 15 is 0 Å². The normalized spacial score (nSPS) is 12.4. The van der Waals surface area contributed by atoms with Crippen LogP contribution in [-0.2, 0) is 0 Å². The van der Waals surface area contributed by atoms with E-state index in [-0.39, 0.29) is 0 Å². The van der Waals surface area contributed by atoms with Gasteiger partial charge >= 0.3 is 0 Å². The summed E-state index contributed by atoms with van der Waals surface area (Å²) in [7, 11) is 0. The van der Waals surface area contributed by atoms with Crippen LogP contribution in [0.25, 0.3) is 11.3 Å². The van der Waals surface area contributed by atoms with Crippen LogP contribution >= 0.6 is 11.3 Å². The van der Waals surface area contributed by atoms with Crippen molar-refractivity contribution < 1.29 is 0 Å². The molecule has 26 heavy (non-hydrogen) atoms. The van der Waals surface area contributed by atoms with Gasteiger partial charge in [0, 0.05) is 28.9 Å². The zero-order valence-corrected chi connectivity index (χ0v) is 16.1. The smallest absolute Gasteiger partial charge is 0.206 e. The molecule has 0 aliphatic heterocycles. The van der Waals surface area contributed by atoms with Crippen molar-refractivity contribution in [1.82, 2.24) is 9.66 Å². The van der Waals surface area contributed by atoms with E-state index in [9.17, 15) is 0 Å². The number of pyridine rings is 1. The highest BCUT2D eigenvalue weighted by molar-refractivity contribution is 7.07. The van der Waals surface area contributed by atoms with Gasteiger partial charge < -0.3 is 0 Å². The Morgan fingerprint density at radius 2 is 2.12 bits per heavy atom. The van der Waals surface area contributed by atoms with Gasteiger partial charge in [-0.05, 0) is 44.0 Å². The third kappa shape index (κ3) is 3.89. The minimum absolute atomic E-state index is 0.564. The van der Waals surface area contributed by atoms with Gasteiger partial charge in [-0.1, -0.05) is 24.3 Å². The first-order valence-corrected chi connectivity index (χ1v) is 9.33. The number of rotatable bonds is 5. The van der Waals surface area contributed by atoms with Gasteiger partial charge in [0.15, 0.2) is 0 Å². The predicted molar refractivity (Wildman–Crippen MR) is 110 cm³/mol. The minimum Gasteiger partial charge on any atom is -0.264 e. The zero-order valence-electron chi connectivity index (χ0n) is 15.3. The lowest BCUT2D eigenvalue weighted by atomic mass is 10.1. The third-order valence-corrected chi connectivity index (χ3v) is 5.03. The van der Waals surface area contributed by atoms with E-state index in [1.807, 2.05) is 29.9 Å². The number of aromatic nitrogens is 2. The molecule has 0 unspecified atom stereocenters. The van der Waals surface area contributed by atoms with Crippen LogP contribution in [0.2, 0.25) is 0 Å². The van der Waals surface area contributed by atoms with E-state index in [1.165, 1.54) is 11.1 Å². The molecule has 0 atom stereocenters. The standard InChI is InChI=1S/C21H22N4S/c1-5-10-23-21-25(24-17(4)19-7-6-11-22-13-19)20(14-26-21)18-9-8-15(2)16(3)12-18/h5-9,11-14H,1,10H2,2-4H3. The van der Waals surface area contributed by atoms with Gasteiger partial charge in [0.1, 0.15) is 0 Å². The Hall–Kier alpha value is -2.79. The lowest BCUT2D eigenvalue weighted by molar-refractivity contribution is 0.834. The van der Waals surface area contributed by atoms with E-state index in [4.69, 9.17) is 5.10 Å². The summed E-state index contributed by atoms with van der Waals surface area (Å²) < 4.78 is 1.92. The van der Waals surface area contributed by atoms with E-state index in [0.29, 0.717) is 6.54 Å². The SMILES string of the molecule is C=CCN=c1scc(-c2ccc(C)c(C)c2)n1N=C(C)c1cccnc1. The zero-order chi connectivity index (χ0) is 18.5. The van der Waals surface area contributed by atoms with Crippen molar-refractivity contribution in [3.05, 3.63) is 82.3 Å². The fraction of sp³-hybridized carbons (Fsp3) is 0.190. The van der Waals surface area contributed by atoms with Crippen LogP contribution < -0.4 is 4.80 Å². The summed E-state index contributed by atoms with van der Waals surface area (Å²) in [6.45, 7) is 10.6. The molecule has 4 nitrogen and oxygen atoms in total. The summed E-state index contributed by atoms with van der Waals surface area (Å²) >= 11 is 1.58. The number of hydrogen-bond acceptors (Lipinski definition) is 4. The van der Waals surface area contributed by atoms with Gasteiger partial charge in [0.05, 0.1) is 18.0 Å². The van der Waals surface area contributed by atoms with Crippen LogP contribution in [0.3, 0.4) is 0 Å². The molecule has 3 rings (SSSR count). The highest BCUT2D eigenvalue weighted by Gasteiger charge is 2.09. The molecule has 0 aliphatic carbocycles. The molecule has 1 aromatic carbocycles. The minimum atomic E-state index is 0.564. The summed E-state index contributed by atoms with van der Waals surface area (Å²) in [5, 5.41) is 6.95. The second-order valence-corrected chi connectivity index (χ2v) is 6.91. The molecule has 132 valence electrons. The van der Waals surface area contributed by atoms with Crippen LogP contribution in [0, 0.1) is 13.8 Å². The predicted octanol–water partition coefficient (Wildman–Crippen LogP) is 4.59. The van der Waals surface area contributed by atoms with Gasteiger partial charge in [-0.2, -0.15) is 5.10 Å². The molecule has 2 aromatic heterocycles. The van der Waals surface area contributed by atoms with Crippen molar-refractivity contribution in [3.8, 4) is 11.3 Å². The van der Waals surface area contributed by atoms with Gasteiger partial charge in [0.25, 0.3) is 0 Å². The third-order valence-electron chi connectivity index (χ3n) is 4.17. The molecule has 0 radical (unpaired) electrons. The number of thiazole rings is 1. The summed E-state index contributed by atoms with van der Waals surface area (Å²) in [5.41, 5.74) is 6.59. The van der Waals surface area contributed by atoms with Gasteiger partial charge in [0.2, 0.25) is 4.80 Å². The topological polar surface area (TPSA) is 42.5 Å². The molecule has 5 heteroatoms. The maximum Gasteiger partial charge on any atom is 0.206 e. The van der Waals surface area contributed by atoms with Crippen molar-refractivity contribution in [2.45, 2.75) is 20.8 Å². The number of hydrogen-bond donors (Lipinski definition) is 0. The maximum atomic E-state index is 4.85. The van der Waals surface area contributed by atoms with Crippen molar-refractivity contribution >= 4 is 17.0 Å². The average Bonchev–Trinajstić information content (AvgIpc) is 3.05. The molecule has 0 amide bonds. The lowest BCUT2D eigenvalue weighted by Gasteiger charge is -2.08. The molecular formula is C21H22N4S. The average molecular weight is 363 g/mol. The quantitative estimate of drug-likeness (QED) is 0.483. The first-order valence-electron chi connectivity index (χ1n) is 8.45. The van der Waals surface area contributed by atoms with Crippen LogP contribution in [0.4, 0.5) is 0 Å². The van der Waals surface area contributed by atoms with Crippen LogP contribution in [0.5, 0.6) is 0 Å². The molecule has 0 fully saturated rings. The van der Waals surface area contributed by atoms with Gasteiger partial charge in [-0.3, -0.25) is 9.98 Å². The van der Waals surface area contributed by atoms with E-state index in [2.05, 4.69) is 54.0 Å². The molecule has 3 aromatic rings. The largest absolute Gasteiger partial charge is 0.264 e. The fourth-order valence-electron chi connectivity index (χ4n) is 2.53. The number of benzene rings is 1. The summed E-state index contributed by atoms with van der Waals surface area (Å²) in [6, 6.07) is 10.4. The van der Waals surface area contributed by atoms with Gasteiger partial charge in [-0.15, -0.1) is 17.9 Å². The molecule has 0 bridgehead atoms. The Balaban J connectivity index is 2.16. The molecule has 0 spiro atoms. The second kappa shape index (κ2) is 8.06. The number of aryl methyl sites for hydroxylation is 2. The van der Waals surface area contributed by atoms with Crippen molar-refractivity contribution in [2.24, 2.45) is 10.1 Å². The Kier molecular flexibility index (Phi) is 5.58. The molecule has 0 saturated carbocycles. The van der Waals surface area contributed by atoms with Gasteiger partial charge in [-0.25, -0.2) is 4.68 Å². The van der Waals surface area contributed by atoms with Crippen LogP contribution in [0.1, 0.15) is 23.6 Å². The Labute approximate surface area is 157 Å². The Morgan fingerprint density at radius 1 is 1.27 bits per heavy atom. The monoisotopic (exact) mass is 362 g/mol. The lowest BCUT2D eigenvalue weighted by Crippen LogP contribution is -2.14. The van der Waals surface area contributed by atoms with E-state index in [0.717, 1.165) is 27.3 Å². The van der Waals surface area contributed by atoms with Crippen LogP contribution in [-0.4, -0.2) is 21.9 Å².